The Morgan fingerprint density at radius 1 is 1.17 bits per heavy atom. The van der Waals surface area contributed by atoms with Crippen LogP contribution in [0.25, 0.3) is 10.8 Å². The lowest BCUT2D eigenvalue weighted by molar-refractivity contribution is 0.420. The van der Waals surface area contributed by atoms with E-state index >= 15 is 0 Å². The third-order valence-electron chi connectivity index (χ3n) is 3.68. The summed E-state index contributed by atoms with van der Waals surface area (Å²) in [5.74, 6) is 1.89. The number of hydrogen-bond donors (Lipinski definition) is 1. The number of ether oxygens (including phenoxy) is 1. The summed E-state index contributed by atoms with van der Waals surface area (Å²) in [6.07, 6.45) is 7.00. The van der Waals surface area contributed by atoms with Crippen LogP contribution in [0.1, 0.15) is 25.7 Å². The number of methoxy groups -OCH3 is 1. The largest absolute Gasteiger partial charge is 0.496 e. The first-order valence-electron chi connectivity index (χ1n) is 6.57. The predicted octanol–water partition coefficient (Wildman–Crippen LogP) is 3.60. The van der Waals surface area contributed by atoms with Crippen molar-refractivity contribution in [3.05, 3.63) is 30.5 Å². The molecule has 0 saturated heterocycles. The second kappa shape index (κ2) is 4.84. The van der Waals surface area contributed by atoms with E-state index in [0.29, 0.717) is 6.04 Å². The van der Waals surface area contributed by atoms with Gasteiger partial charge in [-0.05, 0) is 25.0 Å². The molecule has 1 heterocycles. The van der Waals surface area contributed by atoms with E-state index in [9.17, 15) is 0 Å². The number of anilines is 1. The fourth-order valence-electron chi connectivity index (χ4n) is 2.73. The highest BCUT2D eigenvalue weighted by Gasteiger charge is 2.16. The Balaban J connectivity index is 2.01. The quantitative estimate of drug-likeness (QED) is 0.893. The molecule has 1 aromatic heterocycles. The Hall–Kier alpha value is -1.77. The van der Waals surface area contributed by atoms with Gasteiger partial charge < -0.3 is 10.1 Å². The van der Waals surface area contributed by atoms with Crippen molar-refractivity contribution in [2.24, 2.45) is 0 Å². The van der Waals surface area contributed by atoms with Crippen LogP contribution in [0.3, 0.4) is 0 Å². The van der Waals surface area contributed by atoms with Crippen molar-refractivity contribution in [3.63, 3.8) is 0 Å². The summed E-state index contributed by atoms with van der Waals surface area (Å²) in [7, 11) is 1.71. The number of nitrogens with zero attached hydrogens (tertiary/aromatic N) is 1. The molecular weight excluding hydrogens is 224 g/mol. The molecule has 0 radical (unpaired) electrons. The summed E-state index contributed by atoms with van der Waals surface area (Å²) in [6.45, 7) is 0. The van der Waals surface area contributed by atoms with Gasteiger partial charge in [0.15, 0.2) is 0 Å². The molecule has 0 spiro atoms. The van der Waals surface area contributed by atoms with Crippen LogP contribution in [0.2, 0.25) is 0 Å². The van der Waals surface area contributed by atoms with Gasteiger partial charge >= 0.3 is 0 Å². The van der Waals surface area contributed by atoms with Crippen LogP contribution in [0.15, 0.2) is 30.5 Å². The molecule has 94 valence electrons. The van der Waals surface area contributed by atoms with Gasteiger partial charge in [0.2, 0.25) is 0 Å². The Kier molecular flexibility index (Phi) is 3.05. The number of pyridine rings is 1. The second-order valence-corrected chi connectivity index (χ2v) is 4.84. The van der Waals surface area contributed by atoms with E-state index < -0.39 is 0 Å². The first-order chi connectivity index (χ1) is 8.88. The highest BCUT2D eigenvalue weighted by molar-refractivity contribution is 5.95. The van der Waals surface area contributed by atoms with Crippen molar-refractivity contribution in [3.8, 4) is 5.75 Å². The maximum absolute atomic E-state index is 5.40. The monoisotopic (exact) mass is 242 g/mol. The summed E-state index contributed by atoms with van der Waals surface area (Å²) in [5, 5.41) is 5.83. The lowest BCUT2D eigenvalue weighted by Crippen LogP contribution is -2.15. The highest BCUT2D eigenvalue weighted by atomic mass is 16.5. The molecule has 0 bridgehead atoms. The number of nitrogens with one attached hydrogen (secondary N) is 1. The standard InChI is InChI=1S/C15H18N2O/c1-18-14-8-4-7-13-12(14)9-10-16-15(13)17-11-5-2-3-6-11/h4,7-11H,2-3,5-6H2,1H3,(H,16,17). The van der Waals surface area contributed by atoms with E-state index in [0.717, 1.165) is 22.3 Å². The second-order valence-electron chi connectivity index (χ2n) is 4.84. The minimum absolute atomic E-state index is 0.578. The zero-order valence-corrected chi connectivity index (χ0v) is 10.6. The molecule has 1 N–H and O–H groups in total. The molecule has 18 heavy (non-hydrogen) atoms. The van der Waals surface area contributed by atoms with Crippen molar-refractivity contribution in [1.82, 2.24) is 4.98 Å². The fourth-order valence-corrected chi connectivity index (χ4v) is 2.73. The van der Waals surface area contributed by atoms with Crippen LogP contribution in [-0.2, 0) is 0 Å². The number of hydrogen-bond acceptors (Lipinski definition) is 3. The van der Waals surface area contributed by atoms with Crippen LogP contribution in [0.4, 0.5) is 5.82 Å². The number of fused-ring (bicyclic) bond motifs is 1. The first-order valence-corrected chi connectivity index (χ1v) is 6.57. The van der Waals surface area contributed by atoms with Crippen molar-refractivity contribution in [2.45, 2.75) is 31.7 Å². The normalized spacial score (nSPS) is 16.1. The summed E-state index contributed by atoms with van der Waals surface area (Å²) in [5.41, 5.74) is 0. The van der Waals surface area contributed by atoms with Gasteiger partial charge in [0.1, 0.15) is 11.6 Å². The lowest BCUT2D eigenvalue weighted by Gasteiger charge is -2.15. The van der Waals surface area contributed by atoms with Crippen LogP contribution in [-0.4, -0.2) is 18.1 Å². The van der Waals surface area contributed by atoms with E-state index in [-0.39, 0.29) is 0 Å². The molecule has 0 amide bonds. The molecule has 1 aliphatic rings. The molecular formula is C15H18N2O. The van der Waals surface area contributed by atoms with Crippen molar-refractivity contribution in [2.75, 3.05) is 12.4 Å². The summed E-state index contributed by atoms with van der Waals surface area (Å²) < 4.78 is 5.40. The average Bonchev–Trinajstić information content (AvgIpc) is 2.91. The summed E-state index contributed by atoms with van der Waals surface area (Å²) in [6, 6.07) is 8.69. The molecule has 0 aliphatic heterocycles. The van der Waals surface area contributed by atoms with Gasteiger partial charge in [0.05, 0.1) is 7.11 Å². The maximum atomic E-state index is 5.40. The summed E-state index contributed by atoms with van der Waals surface area (Å²) >= 11 is 0. The average molecular weight is 242 g/mol. The van der Waals surface area contributed by atoms with Gasteiger partial charge in [-0.1, -0.05) is 25.0 Å². The molecule has 2 aromatic rings. The third kappa shape index (κ3) is 2.01. The van der Waals surface area contributed by atoms with E-state index in [4.69, 9.17) is 4.74 Å². The van der Waals surface area contributed by atoms with Gasteiger partial charge in [-0.3, -0.25) is 0 Å². The zero-order valence-electron chi connectivity index (χ0n) is 10.6. The van der Waals surface area contributed by atoms with Gasteiger partial charge in [-0.2, -0.15) is 0 Å². The molecule has 3 rings (SSSR count). The van der Waals surface area contributed by atoms with Gasteiger partial charge in [0.25, 0.3) is 0 Å². The molecule has 1 aromatic carbocycles. The smallest absolute Gasteiger partial charge is 0.134 e. The molecule has 3 heteroatoms. The molecule has 1 saturated carbocycles. The maximum Gasteiger partial charge on any atom is 0.134 e. The van der Waals surface area contributed by atoms with Crippen molar-refractivity contribution in [1.29, 1.82) is 0 Å². The Labute approximate surface area is 107 Å². The van der Waals surface area contributed by atoms with E-state index in [1.54, 1.807) is 7.11 Å². The Morgan fingerprint density at radius 2 is 2.00 bits per heavy atom. The van der Waals surface area contributed by atoms with Gasteiger partial charge in [0, 0.05) is 23.0 Å². The molecule has 1 fully saturated rings. The molecule has 1 aliphatic carbocycles. The van der Waals surface area contributed by atoms with E-state index in [2.05, 4.69) is 16.4 Å². The number of aromatic nitrogens is 1. The SMILES string of the molecule is COc1cccc2c(NC3CCCC3)nccc12. The Morgan fingerprint density at radius 3 is 2.78 bits per heavy atom. The van der Waals surface area contributed by atoms with E-state index in [1.807, 2.05) is 24.4 Å². The van der Waals surface area contributed by atoms with Crippen LogP contribution in [0, 0.1) is 0 Å². The Bertz CT molecular complexity index is 547. The third-order valence-corrected chi connectivity index (χ3v) is 3.68. The number of benzene rings is 1. The van der Waals surface area contributed by atoms with Crippen LogP contribution >= 0.6 is 0 Å². The fraction of sp³-hybridized carbons (Fsp3) is 0.400. The highest BCUT2D eigenvalue weighted by Crippen LogP contribution is 2.30. The first kappa shape index (κ1) is 11.3. The minimum atomic E-state index is 0.578. The topological polar surface area (TPSA) is 34.1 Å². The van der Waals surface area contributed by atoms with Gasteiger partial charge in [-0.15, -0.1) is 0 Å². The minimum Gasteiger partial charge on any atom is -0.496 e. The lowest BCUT2D eigenvalue weighted by atomic mass is 10.1. The molecule has 3 nitrogen and oxygen atoms in total. The van der Waals surface area contributed by atoms with Gasteiger partial charge in [-0.25, -0.2) is 4.98 Å². The van der Waals surface area contributed by atoms with Crippen LogP contribution in [0.5, 0.6) is 5.75 Å². The zero-order chi connectivity index (χ0) is 12.4. The van der Waals surface area contributed by atoms with Crippen molar-refractivity contribution >= 4 is 16.6 Å². The predicted molar refractivity (Wildman–Crippen MR) is 74.2 cm³/mol. The molecule has 0 atom stereocenters. The number of rotatable bonds is 3. The van der Waals surface area contributed by atoms with Crippen LogP contribution < -0.4 is 10.1 Å². The molecule has 0 unspecified atom stereocenters. The summed E-state index contributed by atoms with van der Waals surface area (Å²) in [4.78, 5) is 4.48. The van der Waals surface area contributed by atoms with E-state index in [1.165, 1.54) is 25.7 Å². The van der Waals surface area contributed by atoms with Crippen molar-refractivity contribution < 1.29 is 4.74 Å².